The lowest BCUT2D eigenvalue weighted by Crippen LogP contribution is -2.43. The Morgan fingerprint density at radius 2 is 1.77 bits per heavy atom. The fourth-order valence-electron chi connectivity index (χ4n) is 3.18. The predicted octanol–water partition coefficient (Wildman–Crippen LogP) is 3.97. The number of nitrogens with one attached hydrogen (secondary N) is 2. The second kappa shape index (κ2) is 8.75. The highest BCUT2D eigenvalue weighted by molar-refractivity contribution is 6.10. The molecule has 160 valence electrons. The Kier molecular flexibility index (Phi) is 6.31. The molecule has 0 aromatic heterocycles. The van der Waals surface area contributed by atoms with Gasteiger partial charge >= 0.3 is 0 Å². The lowest BCUT2D eigenvalue weighted by molar-refractivity contribution is -0.117. The molecule has 0 aliphatic carbocycles. The van der Waals surface area contributed by atoms with Crippen molar-refractivity contribution in [3.05, 3.63) is 48.0 Å². The highest BCUT2D eigenvalue weighted by Gasteiger charge is 2.25. The molecule has 0 unspecified atom stereocenters. The average Bonchev–Trinajstić information content (AvgIpc) is 3.14. The van der Waals surface area contributed by atoms with E-state index in [2.05, 4.69) is 38.3 Å². The summed E-state index contributed by atoms with van der Waals surface area (Å²) in [6.45, 7) is 8.92. The third-order valence-corrected chi connectivity index (χ3v) is 5.38. The van der Waals surface area contributed by atoms with Crippen LogP contribution in [0.5, 0.6) is 11.5 Å². The highest BCUT2D eigenvalue weighted by Crippen LogP contribution is 2.34. The zero-order chi connectivity index (χ0) is 21.9. The Balaban J connectivity index is 1.68. The van der Waals surface area contributed by atoms with E-state index in [0.717, 1.165) is 0 Å². The van der Waals surface area contributed by atoms with Crippen molar-refractivity contribution < 1.29 is 19.1 Å². The molecule has 7 heteroatoms. The fourth-order valence-corrected chi connectivity index (χ4v) is 3.18. The Morgan fingerprint density at radius 3 is 2.50 bits per heavy atom. The topological polar surface area (TPSA) is 79.9 Å². The molecule has 1 aliphatic heterocycles. The molecule has 0 fully saturated rings. The summed E-state index contributed by atoms with van der Waals surface area (Å²) in [6.07, 6.45) is 0. The minimum absolute atomic E-state index is 0.0530. The van der Waals surface area contributed by atoms with Crippen LogP contribution in [0.15, 0.2) is 42.5 Å². The van der Waals surface area contributed by atoms with E-state index in [1.165, 1.54) is 0 Å². The number of ether oxygens (including phenoxy) is 2. The first-order chi connectivity index (χ1) is 14.1. The first-order valence-corrected chi connectivity index (χ1v) is 9.95. The van der Waals surface area contributed by atoms with Crippen molar-refractivity contribution in [3.8, 4) is 11.5 Å². The SMILES string of the molecule is C[C@H](N(C)CC(=O)Nc1ccccc1C(=O)Nc1ccc2c(c1)OCO2)C(C)(C)C. The van der Waals surface area contributed by atoms with Crippen molar-refractivity contribution in [2.45, 2.75) is 33.7 Å². The summed E-state index contributed by atoms with van der Waals surface area (Å²) in [5.41, 5.74) is 1.49. The summed E-state index contributed by atoms with van der Waals surface area (Å²) in [4.78, 5) is 27.4. The molecule has 1 heterocycles. The largest absolute Gasteiger partial charge is 0.454 e. The number of hydrogen-bond acceptors (Lipinski definition) is 5. The third-order valence-electron chi connectivity index (χ3n) is 5.38. The number of amides is 2. The van der Waals surface area contributed by atoms with Crippen molar-refractivity contribution in [1.29, 1.82) is 0 Å². The number of fused-ring (bicyclic) bond motifs is 1. The van der Waals surface area contributed by atoms with E-state index in [1.54, 1.807) is 42.5 Å². The van der Waals surface area contributed by atoms with Crippen LogP contribution in [0, 0.1) is 5.41 Å². The van der Waals surface area contributed by atoms with Crippen molar-refractivity contribution in [2.24, 2.45) is 5.41 Å². The van der Waals surface area contributed by atoms with Crippen LogP contribution in [0.2, 0.25) is 0 Å². The zero-order valence-corrected chi connectivity index (χ0v) is 18.1. The van der Waals surface area contributed by atoms with Gasteiger partial charge in [0.05, 0.1) is 17.8 Å². The standard InChI is InChI=1S/C23H29N3O4/c1-15(23(2,3)4)26(5)13-21(27)25-18-9-7-6-8-17(18)22(28)24-16-10-11-19-20(12-16)30-14-29-19/h6-12,15H,13-14H2,1-5H3,(H,24,28)(H,25,27)/t15-/m0/s1. The monoisotopic (exact) mass is 411 g/mol. The van der Waals surface area contributed by atoms with Gasteiger partial charge in [0.1, 0.15) is 0 Å². The molecule has 0 saturated heterocycles. The molecular formula is C23H29N3O4. The van der Waals surface area contributed by atoms with Crippen molar-refractivity contribution >= 4 is 23.2 Å². The van der Waals surface area contributed by atoms with Gasteiger partial charge in [-0.15, -0.1) is 0 Å². The number of rotatable bonds is 6. The van der Waals surface area contributed by atoms with Gasteiger partial charge in [0.25, 0.3) is 5.91 Å². The van der Waals surface area contributed by atoms with Gasteiger partial charge in [0.2, 0.25) is 12.7 Å². The van der Waals surface area contributed by atoms with E-state index in [0.29, 0.717) is 28.4 Å². The predicted molar refractivity (Wildman–Crippen MR) is 117 cm³/mol. The second-order valence-corrected chi connectivity index (χ2v) is 8.57. The van der Waals surface area contributed by atoms with E-state index < -0.39 is 0 Å². The lowest BCUT2D eigenvalue weighted by Gasteiger charge is -2.34. The maximum atomic E-state index is 12.8. The molecule has 2 aromatic carbocycles. The molecule has 1 atom stereocenters. The van der Waals surface area contributed by atoms with Crippen LogP contribution in [0.3, 0.4) is 0 Å². The molecule has 0 saturated carbocycles. The van der Waals surface area contributed by atoms with E-state index in [4.69, 9.17) is 9.47 Å². The number of hydrogen-bond donors (Lipinski definition) is 2. The number of likely N-dealkylation sites (N-methyl/N-ethyl adjacent to an activating group) is 1. The van der Waals surface area contributed by atoms with Gasteiger partial charge in [-0.3, -0.25) is 14.5 Å². The van der Waals surface area contributed by atoms with Crippen LogP contribution in [0.25, 0.3) is 0 Å². The summed E-state index contributed by atoms with van der Waals surface area (Å²) in [5, 5.41) is 5.71. The molecule has 0 spiro atoms. The number of carbonyl (C=O) groups is 2. The van der Waals surface area contributed by atoms with Crippen molar-refractivity contribution in [3.63, 3.8) is 0 Å². The number of nitrogens with zero attached hydrogens (tertiary/aromatic N) is 1. The molecule has 30 heavy (non-hydrogen) atoms. The minimum atomic E-state index is -0.318. The van der Waals surface area contributed by atoms with Gasteiger partial charge in [-0.25, -0.2) is 0 Å². The van der Waals surface area contributed by atoms with Crippen molar-refractivity contribution in [1.82, 2.24) is 4.90 Å². The second-order valence-electron chi connectivity index (χ2n) is 8.57. The van der Waals surface area contributed by atoms with Gasteiger partial charge in [-0.05, 0) is 43.7 Å². The minimum Gasteiger partial charge on any atom is -0.454 e. The molecule has 3 rings (SSSR count). The summed E-state index contributed by atoms with van der Waals surface area (Å²) >= 11 is 0. The third kappa shape index (κ3) is 5.10. The van der Waals surface area contributed by atoms with Crippen LogP contribution in [-0.2, 0) is 4.79 Å². The van der Waals surface area contributed by atoms with Crippen LogP contribution >= 0.6 is 0 Å². The van der Waals surface area contributed by atoms with Gasteiger partial charge in [0, 0.05) is 17.8 Å². The Hall–Kier alpha value is -3.06. The number of para-hydroxylation sites is 1. The summed E-state index contributed by atoms with van der Waals surface area (Å²) in [6, 6.07) is 12.4. The van der Waals surface area contributed by atoms with E-state index in [9.17, 15) is 9.59 Å². The summed E-state index contributed by atoms with van der Waals surface area (Å²) in [5.74, 6) is 0.748. The van der Waals surface area contributed by atoms with Gasteiger partial charge in [-0.2, -0.15) is 0 Å². The number of carbonyl (C=O) groups excluding carboxylic acids is 2. The fraction of sp³-hybridized carbons (Fsp3) is 0.391. The van der Waals surface area contributed by atoms with Crippen molar-refractivity contribution in [2.75, 3.05) is 31.0 Å². The van der Waals surface area contributed by atoms with E-state index in [1.807, 2.05) is 11.9 Å². The molecule has 0 bridgehead atoms. The number of anilines is 2. The van der Waals surface area contributed by atoms with E-state index >= 15 is 0 Å². The molecule has 2 aromatic rings. The van der Waals surface area contributed by atoms with Crippen LogP contribution in [0.1, 0.15) is 38.1 Å². The van der Waals surface area contributed by atoms with E-state index in [-0.39, 0.29) is 36.6 Å². The Morgan fingerprint density at radius 1 is 1.07 bits per heavy atom. The maximum Gasteiger partial charge on any atom is 0.257 e. The average molecular weight is 412 g/mol. The Bertz CT molecular complexity index is 936. The van der Waals surface area contributed by atoms with Crippen LogP contribution in [0.4, 0.5) is 11.4 Å². The first-order valence-electron chi connectivity index (χ1n) is 9.95. The van der Waals surface area contributed by atoms with Crippen LogP contribution in [-0.4, -0.2) is 43.1 Å². The maximum absolute atomic E-state index is 12.8. The molecule has 2 amide bonds. The zero-order valence-electron chi connectivity index (χ0n) is 18.1. The van der Waals surface area contributed by atoms with Gasteiger partial charge in [-0.1, -0.05) is 32.9 Å². The Labute approximate surface area is 177 Å². The van der Waals surface area contributed by atoms with Gasteiger partial charge < -0.3 is 20.1 Å². The first kappa shape index (κ1) is 21.6. The molecule has 7 nitrogen and oxygen atoms in total. The molecule has 1 aliphatic rings. The normalized spacial score (nSPS) is 13.8. The summed E-state index contributed by atoms with van der Waals surface area (Å²) in [7, 11) is 1.92. The smallest absolute Gasteiger partial charge is 0.257 e. The molecular weight excluding hydrogens is 382 g/mol. The quantitative estimate of drug-likeness (QED) is 0.752. The van der Waals surface area contributed by atoms with Crippen LogP contribution < -0.4 is 20.1 Å². The highest BCUT2D eigenvalue weighted by atomic mass is 16.7. The lowest BCUT2D eigenvalue weighted by atomic mass is 9.87. The molecule has 0 radical (unpaired) electrons. The number of benzene rings is 2. The summed E-state index contributed by atoms with van der Waals surface area (Å²) < 4.78 is 10.6. The van der Waals surface area contributed by atoms with Gasteiger partial charge in [0.15, 0.2) is 11.5 Å². The molecule has 2 N–H and O–H groups in total.